The van der Waals surface area contributed by atoms with Crippen molar-refractivity contribution >= 4 is 17.5 Å². The van der Waals surface area contributed by atoms with E-state index in [0.717, 1.165) is 11.1 Å². The van der Waals surface area contributed by atoms with Crippen molar-refractivity contribution in [3.8, 4) is 11.1 Å². The summed E-state index contributed by atoms with van der Waals surface area (Å²) in [5.74, 6) is -0.639. The Morgan fingerprint density at radius 2 is 1.60 bits per heavy atom. The minimum absolute atomic E-state index is 0.288. The normalized spacial score (nSPS) is 11.6. The van der Waals surface area contributed by atoms with Gasteiger partial charge in [-0.25, -0.2) is 0 Å². The van der Waals surface area contributed by atoms with Crippen LogP contribution < -0.4 is 10.6 Å². The number of carbonyl (C=O) groups excluding carboxylic acids is 2. The van der Waals surface area contributed by atoms with E-state index in [1.807, 2.05) is 54.6 Å². The van der Waals surface area contributed by atoms with Crippen molar-refractivity contribution in [3.63, 3.8) is 0 Å². The van der Waals surface area contributed by atoms with E-state index in [4.69, 9.17) is 4.42 Å². The minimum atomic E-state index is -0.670. The van der Waals surface area contributed by atoms with Gasteiger partial charge in [-0.1, -0.05) is 42.5 Å². The van der Waals surface area contributed by atoms with Crippen LogP contribution in [0.15, 0.2) is 77.6 Å². The molecule has 3 aromatic rings. The maximum Gasteiger partial charge on any atom is 0.255 e. The Morgan fingerprint density at radius 1 is 0.920 bits per heavy atom. The monoisotopic (exact) mass is 334 g/mol. The molecule has 1 aromatic heterocycles. The fourth-order valence-electron chi connectivity index (χ4n) is 2.37. The molecule has 0 bridgehead atoms. The summed E-state index contributed by atoms with van der Waals surface area (Å²) in [4.78, 5) is 24.1. The zero-order chi connectivity index (χ0) is 17.6. The molecule has 25 heavy (non-hydrogen) atoms. The van der Waals surface area contributed by atoms with Crippen molar-refractivity contribution < 1.29 is 14.0 Å². The molecule has 0 saturated carbocycles. The van der Waals surface area contributed by atoms with E-state index in [-0.39, 0.29) is 11.8 Å². The summed E-state index contributed by atoms with van der Waals surface area (Å²) in [5, 5.41) is 5.42. The second kappa shape index (κ2) is 7.49. The van der Waals surface area contributed by atoms with Crippen molar-refractivity contribution in [1.82, 2.24) is 5.32 Å². The summed E-state index contributed by atoms with van der Waals surface area (Å²) >= 11 is 0. The number of furan rings is 1. The van der Waals surface area contributed by atoms with Gasteiger partial charge >= 0.3 is 0 Å². The molecule has 0 fully saturated rings. The summed E-state index contributed by atoms with van der Waals surface area (Å²) in [6, 6.07) is 18.4. The molecule has 0 saturated heterocycles. The fourth-order valence-corrected chi connectivity index (χ4v) is 2.37. The van der Waals surface area contributed by atoms with Crippen molar-refractivity contribution in [2.24, 2.45) is 0 Å². The van der Waals surface area contributed by atoms with Crippen LogP contribution in [0.2, 0.25) is 0 Å². The topological polar surface area (TPSA) is 71.3 Å². The summed E-state index contributed by atoms with van der Waals surface area (Å²) in [6.07, 6.45) is 2.75. The maximum atomic E-state index is 12.2. The third-order valence-electron chi connectivity index (χ3n) is 3.78. The van der Waals surface area contributed by atoms with Crippen molar-refractivity contribution in [2.75, 3.05) is 5.32 Å². The predicted octanol–water partition coefficient (Wildman–Crippen LogP) is 3.70. The number of nitrogens with one attached hydrogen (secondary N) is 2. The van der Waals surface area contributed by atoms with E-state index in [9.17, 15) is 9.59 Å². The molecule has 0 aliphatic carbocycles. The number of hydrogen-bond acceptors (Lipinski definition) is 3. The van der Waals surface area contributed by atoms with E-state index < -0.39 is 6.04 Å². The molecule has 0 aliphatic rings. The molecule has 0 aliphatic heterocycles. The van der Waals surface area contributed by atoms with Gasteiger partial charge in [-0.2, -0.15) is 0 Å². The third-order valence-corrected chi connectivity index (χ3v) is 3.78. The summed E-state index contributed by atoms with van der Waals surface area (Å²) in [5.41, 5.74) is 3.24. The first-order valence-corrected chi connectivity index (χ1v) is 7.93. The van der Waals surface area contributed by atoms with Crippen LogP contribution in [0.25, 0.3) is 11.1 Å². The molecule has 0 radical (unpaired) electrons. The predicted molar refractivity (Wildman–Crippen MR) is 96.1 cm³/mol. The van der Waals surface area contributed by atoms with Crippen LogP contribution in [-0.2, 0) is 4.79 Å². The van der Waals surface area contributed by atoms with Gasteiger partial charge in [0.2, 0.25) is 5.91 Å². The molecule has 3 rings (SSSR count). The number of rotatable bonds is 5. The lowest BCUT2D eigenvalue weighted by atomic mass is 10.1. The molecule has 5 heteroatoms. The molecule has 0 unspecified atom stereocenters. The van der Waals surface area contributed by atoms with Gasteiger partial charge in [0.15, 0.2) is 0 Å². The summed E-state index contributed by atoms with van der Waals surface area (Å²) < 4.78 is 4.86. The quantitative estimate of drug-likeness (QED) is 0.747. The van der Waals surface area contributed by atoms with Gasteiger partial charge in [-0.3, -0.25) is 9.59 Å². The van der Waals surface area contributed by atoms with Crippen LogP contribution in [0, 0.1) is 0 Å². The lowest BCUT2D eigenvalue weighted by Gasteiger charge is -2.14. The van der Waals surface area contributed by atoms with Crippen molar-refractivity contribution in [2.45, 2.75) is 13.0 Å². The van der Waals surface area contributed by atoms with Gasteiger partial charge in [0.25, 0.3) is 5.91 Å². The molecule has 2 N–H and O–H groups in total. The van der Waals surface area contributed by atoms with E-state index in [1.165, 1.54) is 12.5 Å². The number of amides is 2. The molecule has 126 valence electrons. The molecule has 1 heterocycles. The van der Waals surface area contributed by atoms with Crippen LogP contribution >= 0.6 is 0 Å². The Balaban J connectivity index is 1.60. The smallest absolute Gasteiger partial charge is 0.255 e. The Bertz CT molecular complexity index is 840. The van der Waals surface area contributed by atoms with Gasteiger partial charge in [0.05, 0.1) is 11.8 Å². The maximum absolute atomic E-state index is 12.2. The van der Waals surface area contributed by atoms with Gasteiger partial charge in [0.1, 0.15) is 12.3 Å². The fraction of sp³-hybridized carbons (Fsp3) is 0.100. The van der Waals surface area contributed by atoms with Gasteiger partial charge in [-0.05, 0) is 36.2 Å². The zero-order valence-electron chi connectivity index (χ0n) is 13.7. The molecular formula is C20H18N2O3. The van der Waals surface area contributed by atoms with E-state index >= 15 is 0 Å². The van der Waals surface area contributed by atoms with E-state index in [1.54, 1.807) is 13.0 Å². The Hall–Kier alpha value is -3.34. The number of benzene rings is 2. The van der Waals surface area contributed by atoms with Gasteiger partial charge in [-0.15, -0.1) is 0 Å². The van der Waals surface area contributed by atoms with Crippen LogP contribution in [0.4, 0.5) is 5.69 Å². The highest BCUT2D eigenvalue weighted by Gasteiger charge is 2.17. The van der Waals surface area contributed by atoms with E-state index in [2.05, 4.69) is 10.6 Å². The third kappa shape index (κ3) is 4.14. The molecule has 2 aromatic carbocycles. The molecule has 5 nitrogen and oxygen atoms in total. The first-order chi connectivity index (χ1) is 12.1. The van der Waals surface area contributed by atoms with Gasteiger partial charge < -0.3 is 15.1 Å². The highest BCUT2D eigenvalue weighted by molar-refractivity contribution is 6.00. The van der Waals surface area contributed by atoms with E-state index in [0.29, 0.717) is 11.3 Å². The second-order valence-electron chi connectivity index (χ2n) is 5.64. The summed E-state index contributed by atoms with van der Waals surface area (Å²) in [7, 11) is 0. The molecular weight excluding hydrogens is 316 g/mol. The first kappa shape index (κ1) is 16.5. The van der Waals surface area contributed by atoms with Crippen molar-refractivity contribution in [3.05, 3.63) is 78.8 Å². The number of hydrogen-bond donors (Lipinski definition) is 2. The molecule has 2 amide bonds. The number of anilines is 1. The van der Waals surface area contributed by atoms with Crippen LogP contribution in [-0.4, -0.2) is 17.9 Å². The van der Waals surface area contributed by atoms with Crippen LogP contribution in [0.3, 0.4) is 0 Å². The van der Waals surface area contributed by atoms with Crippen LogP contribution in [0.1, 0.15) is 17.3 Å². The minimum Gasteiger partial charge on any atom is -0.472 e. The Morgan fingerprint density at radius 3 is 2.24 bits per heavy atom. The lowest BCUT2D eigenvalue weighted by molar-refractivity contribution is -0.117. The second-order valence-corrected chi connectivity index (χ2v) is 5.64. The zero-order valence-corrected chi connectivity index (χ0v) is 13.7. The van der Waals surface area contributed by atoms with Gasteiger partial charge in [0, 0.05) is 5.69 Å². The highest BCUT2D eigenvalue weighted by atomic mass is 16.3. The Labute approximate surface area is 145 Å². The molecule has 1 atom stereocenters. The van der Waals surface area contributed by atoms with Crippen molar-refractivity contribution in [1.29, 1.82) is 0 Å². The lowest BCUT2D eigenvalue weighted by Crippen LogP contribution is -2.41. The highest BCUT2D eigenvalue weighted by Crippen LogP contribution is 2.21. The molecule has 0 spiro atoms. The summed E-state index contributed by atoms with van der Waals surface area (Å²) in [6.45, 7) is 1.63. The Kier molecular flexibility index (Phi) is 4.95. The van der Waals surface area contributed by atoms with Crippen LogP contribution in [0.5, 0.6) is 0 Å². The average molecular weight is 334 g/mol. The first-order valence-electron chi connectivity index (χ1n) is 7.93. The largest absolute Gasteiger partial charge is 0.472 e. The average Bonchev–Trinajstić information content (AvgIpc) is 3.18. The number of carbonyl (C=O) groups is 2. The standard InChI is InChI=1S/C20H18N2O3/c1-14(21-20(24)17-11-12-25-13-17)19(23)22-18-9-7-16(8-10-18)15-5-3-2-4-6-15/h2-14H,1H3,(H,21,24)(H,22,23)/t14-/m1/s1. The SMILES string of the molecule is C[C@@H](NC(=O)c1ccoc1)C(=O)Nc1ccc(-c2ccccc2)cc1.